The SMILES string of the molecule is CNc1nc(-c2ccccc2C)nc2cc(NC(=O)c3c(Cl)ccc(CNC(=O)C(C)(C)C)c3Cl)ccc12. The molecule has 0 bridgehead atoms. The molecule has 1 heterocycles. The maximum Gasteiger partial charge on any atom is 0.258 e. The molecule has 4 aromatic rings. The fourth-order valence-corrected chi connectivity index (χ4v) is 4.53. The fourth-order valence-electron chi connectivity index (χ4n) is 3.92. The Bertz CT molecular complexity index is 1550. The van der Waals surface area contributed by atoms with Crippen molar-refractivity contribution in [2.45, 2.75) is 34.2 Å². The number of carbonyl (C=O) groups is 2. The van der Waals surface area contributed by atoms with Gasteiger partial charge < -0.3 is 16.0 Å². The molecule has 1 aromatic heterocycles. The molecule has 3 aromatic carbocycles. The lowest BCUT2D eigenvalue weighted by Crippen LogP contribution is -2.34. The van der Waals surface area contributed by atoms with Gasteiger partial charge in [0.05, 0.1) is 21.1 Å². The summed E-state index contributed by atoms with van der Waals surface area (Å²) >= 11 is 13.0. The summed E-state index contributed by atoms with van der Waals surface area (Å²) in [6.07, 6.45) is 0. The molecule has 0 fully saturated rings. The number of anilines is 2. The summed E-state index contributed by atoms with van der Waals surface area (Å²) in [5.41, 5.74) is 3.34. The quantitative estimate of drug-likeness (QED) is 0.244. The van der Waals surface area contributed by atoms with Crippen molar-refractivity contribution in [3.63, 3.8) is 0 Å². The van der Waals surface area contributed by atoms with E-state index in [4.69, 9.17) is 33.2 Å². The van der Waals surface area contributed by atoms with Gasteiger partial charge in [0, 0.05) is 35.6 Å². The number of rotatable bonds is 6. The summed E-state index contributed by atoms with van der Waals surface area (Å²) in [6, 6.07) is 16.6. The minimum absolute atomic E-state index is 0.126. The first kappa shape index (κ1) is 27.4. The zero-order chi connectivity index (χ0) is 27.6. The van der Waals surface area contributed by atoms with Crippen molar-refractivity contribution < 1.29 is 9.59 Å². The lowest BCUT2D eigenvalue weighted by Gasteiger charge is -2.18. The highest BCUT2D eigenvalue weighted by Gasteiger charge is 2.23. The fraction of sp³-hybridized carbons (Fsp3) is 0.241. The van der Waals surface area contributed by atoms with E-state index in [-0.39, 0.29) is 28.1 Å². The summed E-state index contributed by atoms with van der Waals surface area (Å²) < 4.78 is 0. The highest BCUT2D eigenvalue weighted by molar-refractivity contribution is 6.40. The van der Waals surface area contributed by atoms with Crippen LogP contribution in [0.25, 0.3) is 22.3 Å². The molecule has 0 atom stereocenters. The third kappa shape index (κ3) is 5.74. The topological polar surface area (TPSA) is 96.0 Å². The molecule has 0 spiro atoms. The molecule has 2 amide bonds. The zero-order valence-corrected chi connectivity index (χ0v) is 23.4. The molecule has 7 nitrogen and oxygen atoms in total. The Morgan fingerprint density at radius 3 is 2.39 bits per heavy atom. The summed E-state index contributed by atoms with van der Waals surface area (Å²) in [7, 11) is 1.81. The summed E-state index contributed by atoms with van der Waals surface area (Å²) in [5.74, 6) is 0.672. The van der Waals surface area contributed by atoms with Gasteiger partial charge in [0.25, 0.3) is 5.91 Å². The van der Waals surface area contributed by atoms with Crippen LogP contribution in [0.3, 0.4) is 0 Å². The van der Waals surface area contributed by atoms with E-state index in [0.717, 1.165) is 16.5 Å². The van der Waals surface area contributed by atoms with Crippen molar-refractivity contribution in [2.75, 3.05) is 17.7 Å². The molecule has 0 radical (unpaired) electrons. The summed E-state index contributed by atoms with van der Waals surface area (Å²) in [6.45, 7) is 7.65. The Hall–Kier alpha value is -3.68. The average Bonchev–Trinajstić information content (AvgIpc) is 2.87. The second-order valence-corrected chi connectivity index (χ2v) is 10.8. The van der Waals surface area contributed by atoms with Gasteiger partial charge in [-0.15, -0.1) is 0 Å². The number of benzene rings is 3. The number of aromatic nitrogens is 2. The number of halogens is 2. The van der Waals surface area contributed by atoms with Gasteiger partial charge in [-0.1, -0.05) is 74.3 Å². The van der Waals surface area contributed by atoms with E-state index in [9.17, 15) is 9.59 Å². The van der Waals surface area contributed by atoms with E-state index >= 15 is 0 Å². The van der Waals surface area contributed by atoms with Crippen LogP contribution in [0.2, 0.25) is 10.0 Å². The standard InChI is InChI=1S/C29H29Cl2N5O2/c1-16-8-6-7-9-19(16)26-35-22-14-18(11-12-20(22)25(32-5)36-26)34-27(37)23-21(30)13-10-17(24(23)31)15-33-28(38)29(2,3)4/h6-14H,15H2,1-5H3,(H,33,38)(H,34,37)(H,32,35,36). The Kier molecular flexibility index (Phi) is 7.90. The van der Waals surface area contributed by atoms with Crippen molar-refractivity contribution in [3.8, 4) is 11.4 Å². The van der Waals surface area contributed by atoms with Crippen molar-refractivity contribution in [1.82, 2.24) is 15.3 Å². The molecule has 0 aliphatic heterocycles. The smallest absolute Gasteiger partial charge is 0.258 e. The molecule has 9 heteroatoms. The summed E-state index contributed by atoms with van der Waals surface area (Å²) in [5, 5.41) is 10.1. The van der Waals surface area contributed by atoms with E-state index in [0.29, 0.717) is 28.4 Å². The van der Waals surface area contributed by atoms with Gasteiger partial charge in [0.1, 0.15) is 5.82 Å². The molecular weight excluding hydrogens is 521 g/mol. The predicted octanol–water partition coefficient (Wildman–Crippen LogP) is 6.87. The lowest BCUT2D eigenvalue weighted by molar-refractivity contribution is -0.128. The van der Waals surface area contributed by atoms with Crippen molar-refractivity contribution in [3.05, 3.63) is 81.3 Å². The zero-order valence-electron chi connectivity index (χ0n) is 21.9. The van der Waals surface area contributed by atoms with Crippen LogP contribution in [0, 0.1) is 12.3 Å². The van der Waals surface area contributed by atoms with Crippen molar-refractivity contribution in [2.24, 2.45) is 5.41 Å². The van der Waals surface area contributed by atoms with Crippen LogP contribution >= 0.6 is 23.2 Å². The van der Waals surface area contributed by atoms with Crippen LogP contribution in [-0.2, 0) is 11.3 Å². The van der Waals surface area contributed by atoms with Crippen molar-refractivity contribution >= 4 is 57.4 Å². The normalized spacial score (nSPS) is 11.3. The minimum atomic E-state index is -0.551. The molecule has 4 rings (SSSR count). The largest absolute Gasteiger partial charge is 0.373 e. The van der Waals surface area contributed by atoms with E-state index in [1.54, 1.807) is 31.3 Å². The number of aryl methyl sites for hydroxylation is 1. The maximum absolute atomic E-state index is 13.3. The first-order valence-electron chi connectivity index (χ1n) is 12.1. The van der Waals surface area contributed by atoms with Crippen LogP contribution in [0.4, 0.5) is 11.5 Å². The van der Waals surface area contributed by atoms with Crippen LogP contribution in [-0.4, -0.2) is 28.8 Å². The van der Waals surface area contributed by atoms with Crippen molar-refractivity contribution in [1.29, 1.82) is 0 Å². The molecule has 196 valence electrons. The van der Waals surface area contributed by atoms with Crippen LogP contribution in [0.5, 0.6) is 0 Å². The molecular formula is C29H29Cl2N5O2. The first-order valence-corrected chi connectivity index (χ1v) is 12.9. The van der Waals surface area contributed by atoms with Gasteiger partial charge >= 0.3 is 0 Å². The van der Waals surface area contributed by atoms with Crippen LogP contribution < -0.4 is 16.0 Å². The predicted molar refractivity (Wildman–Crippen MR) is 155 cm³/mol. The van der Waals surface area contributed by atoms with E-state index in [1.807, 2.05) is 58.0 Å². The molecule has 3 N–H and O–H groups in total. The van der Waals surface area contributed by atoms with Crippen LogP contribution in [0.1, 0.15) is 42.3 Å². The Labute approximate surface area is 232 Å². The molecule has 0 saturated carbocycles. The average molecular weight is 550 g/mol. The maximum atomic E-state index is 13.3. The molecule has 38 heavy (non-hydrogen) atoms. The van der Waals surface area contributed by atoms with Gasteiger partial charge in [-0.3, -0.25) is 9.59 Å². The Balaban J connectivity index is 1.65. The lowest BCUT2D eigenvalue weighted by atomic mass is 9.95. The highest BCUT2D eigenvalue weighted by Crippen LogP contribution is 2.31. The van der Waals surface area contributed by atoms with E-state index < -0.39 is 11.3 Å². The minimum Gasteiger partial charge on any atom is -0.373 e. The number of nitrogens with zero attached hydrogens (tertiary/aromatic N) is 2. The molecule has 0 aliphatic carbocycles. The van der Waals surface area contributed by atoms with Crippen LogP contribution in [0.15, 0.2) is 54.6 Å². The number of hydrogen-bond donors (Lipinski definition) is 3. The third-order valence-electron chi connectivity index (χ3n) is 6.10. The number of hydrogen-bond acceptors (Lipinski definition) is 5. The number of nitrogens with one attached hydrogen (secondary N) is 3. The second-order valence-electron chi connectivity index (χ2n) is 9.97. The monoisotopic (exact) mass is 549 g/mol. The molecule has 0 aliphatic rings. The van der Waals surface area contributed by atoms with E-state index in [2.05, 4.69) is 16.0 Å². The van der Waals surface area contributed by atoms with Gasteiger partial charge in [-0.25, -0.2) is 9.97 Å². The van der Waals surface area contributed by atoms with Gasteiger partial charge in [0.2, 0.25) is 5.91 Å². The van der Waals surface area contributed by atoms with Gasteiger partial charge in [-0.2, -0.15) is 0 Å². The van der Waals surface area contributed by atoms with E-state index in [1.165, 1.54) is 0 Å². The first-order chi connectivity index (χ1) is 18.0. The Morgan fingerprint density at radius 1 is 0.974 bits per heavy atom. The number of fused-ring (bicyclic) bond motifs is 1. The third-order valence-corrected chi connectivity index (χ3v) is 6.84. The molecule has 0 unspecified atom stereocenters. The van der Waals surface area contributed by atoms with Gasteiger partial charge in [0.15, 0.2) is 5.82 Å². The highest BCUT2D eigenvalue weighted by atomic mass is 35.5. The summed E-state index contributed by atoms with van der Waals surface area (Å²) in [4.78, 5) is 35.0. The second kappa shape index (κ2) is 11.0. The molecule has 0 saturated heterocycles. The van der Waals surface area contributed by atoms with Gasteiger partial charge in [-0.05, 0) is 42.3 Å². The number of amides is 2. The number of carbonyl (C=O) groups excluding carboxylic acids is 2. The Morgan fingerprint density at radius 2 is 1.71 bits per heavy atom.